The van der Waals surface area contributed by atoms with Crippen LogP contribution in [0.1, 0.15) is 24.0 Å². The summed E-state index contributed by atoms with van der Waals surface area (Å²) < 4.78 is 18.9. The lowest BCUT2D eigenvalue weighted by atomic mass is 10.1. The topological polar surface area (TPSA) is 88.5 Å². The molecular formula is C17H18ClN2O4P. The number of nitrogens with zero attached hydrogens (tertiary/aromatic N) is 2. The van der Waals surface area contributed by atoms with Gasteiger partial charge in [0.2, 0.25) is 5.50 Å². The van der Waals surface area contributed by atoms with Gasteiger partial charge in [0.05, 0.1) is 22.9 Å². The number of furan rings is 1. The molecule has 3 aromatic rings. The number of fused-ring (bicyclic) bond motifs is 1. The summed E-state index contributed by atoms with van der Waals surface area (Å²) in [5, 5.41) is 0.663. The van der Waals surface area contributed by atoms with Crippen molar-refractivity contribution in [2.45, 2.75) is 33.2 Å². The number of hydrogen-bond acceptors (Lipinski definition) is 3. The minimum atomic E-state index is -4.53. The first-order chi connectivity index (χ1) is 11.8. The first kappa shape index (κ1) is 16.9. The van der Waals surface area contributed by atoms with E-state index in [2.05, 4.69) is 0 Å². The predicted molar refractivity (Wildman–Crippen MR) is 96.3 cm³/mol. The van der Waals surface area contributed by atoms with Crippen molar-refractivity contribution in [1.82, 2.24) is 9.55 Å². The van der Waals surface area contributed by atoms with Crippen molar-refractivity contribution in [2.75, 3.05) is 0 Å². The highest BCUT2D eigenvalue weighted by Crippen LogP contribution is 2.41. The Hall–Kier alpha value is -1.59. The molecule has 0 unspecified atom stereocenters. The summed E-state index contributed by atoms with van der Waals surface area (Å²) in [5.41, 5.74) is 3.60. The Bertz CT molecular complexity index is 1030. The van der Waals surface area contributed by atoms with E-state index in [1.165, 1.54) is 6.26 Å². The Morgan fingerprint density at radius 2 is 2.08 bits per heavy atom. The van der Waals surface area contributed by atoms with Gasteiger partial charge in [0.25, 0.3) is 0 Å². The van der Waals surface area contributed by atoms with Crippen LogP contribution < -0.4 is 5.50 Å². The highest BCUT2D eigenvalue weighted by Gasteiger charge is 2.31. The molecule has 0 bridgehead atoms. The molecular weight excluding hydrogens is 363 g/mol. The molecule has 1 fully saturated rings. The van der Waals surface area contributed by atoms with E-state index in [1.807, 2.05) is 24.5 Å². The Labute approximate surface area is 149 Å². The maximum absolute atomic E-state index is 11.8. The summed E-state index contributed by atoms with van der Waals surface area (Å²) in [6.07, 6.45) is 3.58. The van der Waals surface area contributed by atoms with E-state index in [1.54, 1.807) is 6.07 Å². The zero-order valence-electron chi connectivity index (χ0n) is 13.9. The van der Waals surface area contributed by atoms with Crippen LogP contribution in [0.5, 0.6) is 0 Å². The lowest BCUT2D eigenvalue weighted by Gasteiger charge is -2.10. The van der Waals surface area contributed by atoms with Crippen LogP contribution in [0, 0.1) is 19.8 Å². The first-order valence-electron chi connectivity index (χ1n) is 8.07. The second-order valence-corrected chi connectivity index (χ2v) is 8.55. The van der Waals surface area contributed by atoms with E-state index in [0.717, 1.165) is 41.5 Å². The van der Waals surface area contributed by atoms with Gasteiger partial charge in [-0.25, -0.2) is 4.98 Å². The molecule has 0 saturated heterocycles. The Morgan fingerprint density at radius 3 is 2.72 bits per heavy atom. The van der Waals surface area contributed by atoms with Crippen LogP contribution in [0.25, 0.3) is 22.4 Å². The quantitative estimate of drug-likeness (QED) is 0.672. The lowest BCUT2D eigenvalue weighted by molar-refractivity contribution is 0.376. The molecule has 1 aromatic carbocycles. The third-order valence-electron chi connectivity index (χ3n) is 4.83. The molecule has 0 spiro atoms. The third kappa shape index (κ3) is 2.83. The third-order valence-corrected chi connectivity index (χ3v) is 6.10. The molecule has 0 amide bonds. The van der Waals surface area contributed by atoms with E-state index in [9.17, 15) is 14.4 Å². The van der Waals surface area contributed by atoms with Gasteiger partial charge >= 0.3 is 7.60 Å². The van der Waals surface area contributed by atoms with Crippen LogP contribution in [-0.2, 0) is 11.1 Å². The van der Waals surface area contributed by atoms with Crippen LogP contribution in [0.15, 0.2) is 22.8 Å². The van der Waals surface area contributed by atoms with Gasteiger partial charge in [-0.15, -0.1) is 0 Å². The van der Waals surface area contributed by atoms with Crippen LogP contribution in [0.3, 0.4) is 0 Å². The maximum Gasteiger partial charge on any atom is 0.391 e. The normalized spacial score (nSPS) is 15.2. The van der Waals surface area contributed by atoms with Crippen LogP contribution in [-0.4, -0.2) is 19.3 Å². The van der Waals surface area contributed by atoms with Gasteiger partial charge in [0.1, 0.15) is 5.82 Å². The fourth-order valence-corrected chi connectivity index (χ4v) is 4.05. The smallest absolute Gasteiger partial charge is 0.391 e. The molecule has 132 valence electrons. The Morgan fingerprint density at radius 1 is 1.36 bits per heavy atom. The molecule has 0 atom stereocenters. The van der Waals surface area contributed by atoms with Crippen molar-refractivity contribution >= 4 is 35.7 Å². The van der Waals surface area contributed by atoms with Crippen molar-refractivity contribution in [3.05, 3.63) is 34.5 Å². The van der Waals surface area contributed by atoms with E-state index in [0.29, 0.717) is 22.3 Å². The molecule has 1 saturated carbocycles. The molecule has 1 aliphatic carbocycles. The van der Waals surface area contributed by atoms with E-state index >= 15 is 0 Å². The second-order valence-electron chi connectivity index (χ2n) is 6.65. The van der Waals surface area contributed by atoms with Crippen molar-refractivity contribution in [1.29, 1.82) is 0 Å². The summed E-state index contributed by atoms with van der Waals surface area (Å²) in [4.78, 5) is 23.9. The van der Waals surface area contributed by atoms with Gasteiger partial charge in [-0.2, -0.15) is 0 Å². The predicted octanol–water partition coefficient (Wildman–Crippen LogP) is 3.78. The molecule has 8 heteroatoms. The van der Waals surface area contributed by atoms with Gasteiger partial charge in [-0.1, -0.05) is 11.6 Å². The fraction of sp³-hybridized carbons (Fsp3) is 0.353. The average molecular weight is 381 g/mol. The van der Waals surface area contributed by atoms with Crippen molar-refractivity contribution in [3.8, 4) is 11.4 Å². The van der Waals surface area contributed by atoms with Crippen LogP contribution in [0.4, 0.5) is 0 Å². The zero-order chi connectivity index (χ0) is 17.9. The van der Waals surface area contributed by atoms with E-state index in [-0.39, 0.29) is 5.50 Å². The standard InChI is InChI=1S/C17H18ClN2O4P/c1-9-10(2)15-14(7-13(9)18)20(8-11-3-4-11)16(19-15)12-5-6-24-17(12)25(21,22)23/h5-7,11H,3-4,8H2,1-2H3,(H2,21,22,23). The number of imidazole rings is 1. The monoisotopic (exact) mass is 380 g/mol. The number of halogens is 1. The molecule has 25 heavy (non-hydrogen) atoms. The summed E-state index contributed by atoms with van der Waals surface area (Å²) in [5.74, 6) is 1.07. The number of aryl methyl sites for hydroxylation is 1. The number of hydrogen-bond donors (Lipinski definition) is 2. The van der Waals surface area contributed by atoms with Crippen molar-refractivity contribution in [2.24, 2.45) is 5.92 Å². The Kier molecular flexibility index (Phi) is 3.85. The van der Waals surface area contributed by atoms with Gasteiger partial charge in [0.15, 0.2) is 0 Å². The molecule has 2 aromatic heterocycles. The highest BCUT2D eigenvalue weighted by molar-refractivity contribution is 7.60. The lowest BCUT2D eigenvalue weighted by Crippen LogP contribution is -2.09. The SMILES string of the molecule is Cc1c(Cl)cc2c(nc(-c3ccoc3P(=O)(O)O)n2CC2CC2)c1C. The van der Waals surface area contributed by atoms with Crippen molar-refractivity contribution < 1.29 is 18.8 Å². The second kappa shape index (κ2) is 5.71. The largest absolute Gasteiger partial charge is 0.456 e. The average Bonchev–Trinajstić information content (AvgIpc) is 3.07. The van der Waals surface area contributed by atoms with E-state index < -0.39 is 7.60 Å². The number of rotatable bonds is 4. The molecule has 2 N–H and O–H groups in total. The molecule has 1 aliphatic rings. The highest BCUT2D eigenvalue weighted by atomic mass is 35.5. The van der Waals surface area contributed by atoms with Gasteiger partial charge in [-0.05, 0) is 55.9 Å². The fourth-order valence-electron chi connectivity index (χ4n) is 3.12. The molecule has 2 heterocycles. The van der Waals surface area contributed by atoms with E-state index in [4.69, 9.17) is 21.0 Å². The number of benzene rings is 1. The summed E-state index contributed by atoms with van der Waals surface area (Å²) in [7, 11) is -4.53. The molecule has 4 rings (SSSR count). The van der Waals surface area contributed by atoms with Crippen molar-refractivity contribution in [3.63, 3.8) is 0 Å². The van der Waals surface area contributed by atoms with Gasteiger partial charge < -0.3 is 18.8 Å². The summed E-state index contributed by atoms with van der Waals surface area (Å²) >= 11 is 6.37. The zero-order valence-corrected chi connectivity index (χ0v) is 15.5. The van der Waals surface area contributed by atoms with Crippen LogP contribution in [0.2, 0.25) is 5.02 Å². The summed E-state index contributed by atoms with van der Waals surface area (Å²) in [6, 6.07) is 3.44. The molecule has 6 nitrogen and oxygen atoms in total. The molecule has 0 aliphatic heterocycles. The maximum atomic E-state index is 11.8. The summed E-state index contributed by atoms with van der Waals surface area (Å²) in [6.45, 7) is 4.65. The molecule has 0 radical (unpaired) electrons. The minimum Gasteiger partial charge on any atom is -0.456 e. The first-order valence-corrected chi connectivity index (χ1v) is 10.1. The van der Waals surface area contributed by atoms with Crippen LogP contribution >= 0.6 is 19.2 Å². The Balaban J connectivity index is 2.02. The number of aromatic nitrogens is 2. The van der Waals surface area contributed by atoms with Gasteiger partial charge in [-0.3, -0.25) is 4.57 Å². The minimum absolute atomic E-state index is 0.332. The van der Waals surface area contributed by atoms with Gasteiger partial charge in [0, 0.05) is 11.6 Å².